The van der Waals surface area contributed by atoms with Crippen molar-refractivity contribution in [3.63, 3.8) is 0 Å². The molecule has 1 aliphatic rings. The standard InChI is InChI=1S/C15H16Cl3N3O2.C8H7N3O5/c1-2-4-20(15(22)21-5-3-19-10-21)6-7-23-14-12(17)8-11(16)9-13(14)18;12-8-10(3-4-15-8)9-5-6-1-2-7(16-6)11(13)14/h3,5,8-10H,2,4,6-7H2,1H3;1-2,5H,3-4H2. The highest BCUT2D eigenvalue weighted by molar-refractivity contribution is 6.40. The SMILES string of the molecule is CCCN(CCOc1c(Cl)cc(Cl)cc1Cl)C(=O)n1ccnc1.O=C1OCCN1N=Cc1ccc([N+](=O)[O-])o1. The smallest absolute Gasteiger partial charge is 0.433 e. The zero-order valence-electron chi connectivity index (χ0n) is 20.5. The van der Waals surface area contributed by atoms with Gasteiger partial charge in [-0.3, -0.25) is 14.7 Å². The molecule has 0 unspecified atom stereocenters. The summed E-state index contributed by atoms with van der Waals surface area (Å²) in [5, 5.41) is 16.3. The monoisotopic (exact) mass is 600 g/mol. The highest BCUT2D eigenvalue weighted by Gasteiger charge is 2.21. The number of rotatable bonds is 9. The molecular formula is C23H23Cl3N6O7. The third-order valence-corrected chi connectivity index (χ3v) is 5.70. The Bertz CT molecular complexity index is 1290. The van der Waals surface area contributed by atoms with E-state index in [-0.39, 0.29) is 30.9 Å². The van der Waals surface area contributed by atoms with Crippen molar-refractivity contribution in [2.24, 2.45) is 5.10 Å². The molecule has 0 radical (unpaired) electrons. The van der Waals surface area contributed by atoms with Crippen LogP contribution in [0.3, 0.4) is 0 Å². The number of furan rings is 1. The molecule has 0 aliphatic carbocycles. The van der Waals surface area contributed by atoms with E-state index in [1.54, 1.807) is 29.4 Å². The van der Waals surface area contributed by atoms with Crippen LogP contribution in [0.1, 0.15) is 19.1 Å². The molecule has 16 heteroatoms. The van der Waals surface area contributed by atoms with Crippen LogP contribution in [0.2, 0.25) is 15.1 Å². The van der Waals surface area contributed by atoms with E-state index >= 15 is 0 Å². The second kappa shape index (κ2) is 14.4. The summed E-state index contributed by atoms with van der Waals surface area (Å²) >= 11 is 18.0. The first-order valence-corrected chi connectivity index (χ1v) is 12.6. The lowest BCUT2D eigenvalue weighted by atomic mass is 10.3. The summed E-state index contributed by atoms with van der Waals surface area (Å²) in [6, 6.07) is 5.57. The number of cyclic esters (lactones) is 1. The van der Waals surface area contributed by atoms with Crippen molar-refractivity contribution in [3.8, 4) is 5.75 Å². The van der Waals surface area contributed by atoms with E-state index in [0.29, 0.717) is 40.5 Å². The largest absolute Gasteiger partial charge is 0.489 e. The van der Waals surface area contributed by atoms with Crippen LogP contribution < -0.4 is 4.74 Å². The zero-order chi connectivity index (χ0) is 28.4. The van der Waals surface area contributed by atoms with Crippen LogP contribution >= 0.6 is 34.8 Å². The molecule has 0 spiro atoms. The van der Waals surface area contributed by atoms with Crippen molar-refractivity contribution in [1.29, 1.82) is 0 Å². The van der Waals surface area contributed by atoms with Crippen LogP contribution in [0.5, 0.6) is 5.75 Å². The zero-order valence-corrected chi connectivity index (χ0v) is 22.8. The van der Waals surface area contributed by atoms with Gasteiger partial charge < -0.3 is 18.8 Å². The number of aromatic nitrogens is 2. The number of imidazole rings is 1. The summed E-state index contributed by atoms with van der Waals surface area (Å²) in [4.78, 5) is 38.5. The van der Waals surface area contributed by atoms with Gasteiger partial charge in [-0.1, -0.05) is 41.7 Å². The van der Waals surface area contributed by atoms with Gasteiger partial charge in [0, 0.05) is 24.0 Å². The van der Waals surface area contributed by atoms with Gasteiger partial charge in [0.25, 0.3) is 0 Å². The Kier molecular flexibility index (Phi) is 11.0. The fourth-order valence-electron chi connectivity index (χ4n) is 3.16. The maximum absolute atomic E-state index is 12.3. The Morgan fingerprint density at radius 2 is 2.03 bits per heavy atom. The maximum atomic E-state index is 12.3. The number of ether oxygens (including phenoxy) is 2. The van der Waals surface area contributed by atoms with Gasteiger partial charge in [0.2, 0.25) is 0 Å². The van der Waals surface area contributed by atoms with Gasteiger partial charge in [-0.05, 0) is 24.6 Å². The molecule has 3 aromatic rings. The lowest BCUT2D eigenvalue weighted by Crippen LogP contribution is -2.37. The number of carbonyl (C=O) groups is 2. The second-order valence-electron chi connectivity index (χ2n) is 7.70. The Morgan fingerprint density at radius 1 is 1.28 bits per heavy atom. The number of nitrogens with zero attached hydrogens (tertiary/aromatic N) is 6. The van der Waals surface area contributed by atoms with Crippen molar-refractivity contribution < 1.29 is 28.4 Å². The Morgan fingerprint density at radius 3 is 2.59 bits per heavy atom. The van der Waals surface area contributed by atoms with E-state index < -0.39 is 11.0 Å². The molecule has 208 valence electrons. The first-order valence-electron chi connectivity index (χ1n) is 11.5. The number of hydrogen-bond donors (Lipinski definition) is 0. The van der Waals surface area contributed by atoms with Gasteiger partial charge in [-0.2, -0.15) is 10.1 Å². The molecule has 39 heavy (non-hydrogen) atoms. The normalized spacial score (nSPS) is 12.7. The molecule has 1 aromatic carbocycles. The van der Waals surface area contributed by atoms with Crippen LogP contribution in [0.15, 0.2) is 52.5 Å². The highest BCUT2D eigenvalue weighted by atomic mass is 35.5. The minimum absolute atomic E-state index is 0.152. The van der Waals surface area contributed by atoms with Crippen LogP contribution in [0.25, 0.3) is 0 Å². The molecule has 2 aromatic heterocycles. The Balaban J connectivity index is 0.000000230. The molecule has 0 saturated carbocycles. The summed E-state index contributed by atoms with van der Waals surface area (Å²) in [7, 11) is 0. The number of halogens is 3. The van der Waals surface area contributed by atoms with Crippen LogP contribution in [0, 0.1) is 10.1 Å². The molecule has 1 aliphatic heterocycles. The van der Waals surface area contributed by atoms with E-state index in [2.05, 4.69) is 14.8 Å². The highest BCUT2D eigenvalue weighted by Crippen LogP contribution is 2.35. The van der Waals surface area contributed by atoms with Crippen molar-refractivity contribution in [2.45, 2.75) is 13.3 Å². The van der Waals surface area contributed by atoms with Crippen LogP contribution in [0.4, 0.5) is 15.5 Å². The van der Waals surface area contributed by atoms with Gasteiger partial charge in [0.05, 0.1) is 35.4 Å². The second-order valence-corrected chi connectivity index (χ2v) is 8.95. The van der Waals surface area contributed by atoms with E-state index in [1.165, 1.54) is 29.2 Å². The summed E-state index contributed by atoms with van der Waals surface area (Å²) in [5.41, 5.74) is 0. The number of carbonyl (C=O) groups excluding carboxylic acids is 2. The topological polar surface area (TPSA) is 146 Å². The number of benzene rings is 1. The lowest BCUT2D eigenvalue weighted by molar-refractivity contribution is -0.402. The van der Waals surface area contributed by atoms with E-state index in [9.17, 15) is 19.7 Å². The van der Waals surface area contributed by atoms with Gasteiger partial charge in [-0.25, -0.2) is 14.6 Å². The molecule has 0 bridgehead atoms. The van der Waals surface area contributed by atoms with Crippen molar-refractivity contribution >= 4 is 59.0 Å². The molecular weight excluding hydrogens is 579 g/mol. The third kappa shape index (κ3) is 8.60. The van der Waals surface area contributed by atoms with Crippen molar-refractivity contribution in [3.05, 3.63) is 73.9 Å². The molecule has 0 N–H and O–H groups in total. The first-order chi connectivity index (χ1) is 18.7. The van der Waals surface area contributed by atoms with E-state index in [1.807, 2.05) is 6.92 Å². The minimum Gasteiger partial charge on any atom is -0.489 e. The average molecular weight is 602 g/mol. The fourth-order valence-corrected chi connectivity index (χ4v) is 4.09. The lowest BCUT2D eigenvalue weighted by Gasteiger charge is -2.22. The van der Waals surface area contributed by atoms with Crippen molar-refractivity contribution in [2.75, 3.05) is 32.8 Å². The predicted octanol–water partition coefficient (Wildman–Crippen LogP) is 5.58. The molecule has 3 heterocycles. The number of nitro groups is 1. The quantitative estimate of drug-likeness (QED) is 0.176. The molecule has 13 nitrogen and oxygen atoms in total. The fraction of sp³-hybridized carbons (Fsp3) is 0.304. The summed E-state index contributed by atoms with van der Waals surface area (Å²) < 4.78 is 16.5. The number of hydrazone groups is 1. The van der Waals surface area contributed by atoms with Gasteiger partial charge in [0.15, 0.2) is 11.5 Å². The van der Waals surface area contributed by atoms with E-state index in [4.69, 9.17) is 44.0 Å². The Hall–Kier alpha value is -3.81. The van der Waals surface area contributed by atoms with Gasteiger partial charge in [-0.15, -0.1) is 0 Å². The number of amides is 2. The Labute approximate surface area is 237 Å². The molecule has 2 amide bonds. The van der Waals surface area contributed by atoms with Crippen LogP contribution in [-0.2, 0) is 4.74 Å². The van der Waals surface area contributed by atoms with E-state index in [0.717, 1.165) is 11.4 Å². The van der Waals surface area contributed by atoms with Crippen molar-refractivity contribution in [1.82, 2.24) is 19.5 Å². The minimum atomic E-state index is -0.651. The predicted molar refractivity (Wildman–Crippen MR) is 143 cm³/mol. The summed E-state index contributed by atoms with van der Waals surface area (Å²) in [6.45, 7) is 3.93. The van der Waals surface area contributed by atoms with Gasteiger partial charge >= 0.3 is 18.0 Å². The summed E-state index contributed by atoms with van der Waals surface area (Å²) in [6.07, 6.45) is 6.16. The van der Waals surface area contributed by atoms with Gasteiger partial charge in [0.1, 0.15) is 24.5 Å². The number of hydrogen-bond acceptors (Lipinski definition) is 9. The molecule has 0 atom stereocenters. The van der Waals surface area contributed by atoms with Crippen LogP contribution in [-0.4, -0.2) is 75.6 Å². The third-order valence-electron chi connectivity index (χ3n) is 4.92. The molecule has 1 fully saturated rings. The molecule has 4 rings (SSSR count). The molecule has 1 saturated heterocycles. The summed E-state index contributed by atoms with van der Waals surface area (Å²) in [5.74, 6) is 0.195. The first kappa shape index (κ1) is 29.7. The maximum Gasteiger partial charge on any atom is 0.433 e. The average Bonchev–Trinajstić information content (AvgIpc) is 3.66.